The van der Waals surface area contributed by atoms with Crippen LogP contribution in [0.1, 0.15) is 41.5 Å². The van der Waals surface area contributed by atoms with Crippen molar-refractivity contribution in [2.24, 2.45) is 0 Å². The van der Waals surface area contributed by atoms with E-state index in [4.69, 9.17) is 4.74 Å². The van der Waals surface area contributed by atoms with Gasteiger partial charge in [-0.05, 0) is 51.4 Å². The van der Waals surface area contributed by atoms with E-state index >= 15 is 0 Å². The van der Waals surface area contributed by atoms with Gasteiger partial charge in [-0.15, -0.1) is 17.5 Å². The summed E-state index contributed by atoms with van der Waals surface area (Å²) in [6.07, 6.45) is 2.61. The molecule has 0 aliphatic carbocycles. The van der Waals surface area contributed by atoms with E-state index < -0.39 is 0 Å². The van der Waals surface area contributed by atoms with E-state index in [0.29, 0.717) is 31.0 Å². The van der Waals surface area contributed by atoms with Crippen LogP contribution in [-0.2, 0) is 4.79 Å². The van der Waals surface area contributed by atoms with E-state index in [9.17, 15) is 9.59 Å². The van der Waals surface area contributed by atoms with Crippen molar-refractivity contribution >= 4 is 29.9 Å². The molecule has 1 fully saturated rings. The maximum absolute atomic E-state index is 12.5. The van der Waals surface area contributed by atoms with E-state index in [1.165, 1.54) is 0 Å². The third kappa shape index (κ3) is 4.57. The average Bonchev–Trinajstić information content (AvgIpc) is 3.14. The Morgan fingerprint density at radius 2 is 2.07 bits per heavy atom. The molecule has 2 aliphatic rings. The number of carbonyl (C=O) groups is 2. The lowest BCUT2D eigenvalue weighted by Gasteiger charge is -2.29. The third-order valence-corrected chi connectivity index (χ3v) is 5.45. The molecule has 2 aliphatic heterocycles. The molecule has 30 heavy (non-hydrogen) atoms. The monoisotopic (exact) mass is 434 g/mol. The van der Waals surface area contributed by atoms with Gasteiger partial charge in [0.1, 0.15) is 5.75 Å². The Balaban J connectivity index is 0.00000256. The third-order valence-electron chi connectivity index (χ3n) is 5.45. The zero-order chi connectivity index (χ0) is 20.2. The van der Waals surface area contributed by atoms with Crippen molar-refractivity contribution in [1.82, 2.24) is 25.6 Å². The molecule has 4 rings (SSSR count). The van der Waals surface area contributed by atoms with Crippen LogP contribution in [0.15, 0.2) is 24.3 Å². The Bertz CT molecular complexity index is 896. The zero-order valence-electron chi connectivity index (χ0n) is 17.0. The van der Waals surface area contributed by atoms with Gasteiger partial charge in [0.15, 0.2) is 12.3 Å². The number of nitrogens with zero attached hydrogens (tertiary/aromatic N) is 4. The van der Waals surface area contributed by atoms with E-state index in [1.54, 1.807) is 4.90 Å². The molecule has 2 aromatic rings. The number of nitrogens with one attached hydrogen (secondary N) is 2. The summed E-state index contributed by atoms with van der Waals surface area (Å²) in [6, 6.07) is 7.77. The molecule has 0 atom stereocenters. The Hall–Kier alpha value is -2.65. The summed E-state index contributed by atoms with van der Waals surface area (Å²) >= 11 is 0. The summed E-state index contributed by atoms with van der Waals surface area (Å²) in [6.45, 7) is 4.80. The van der Waals surface area contributed by atoms with Crippen LogP contribution in [0.4, 0.5) is 5.69 Å². The first kappa shape index (κ1) is 22.0. The van der Waals surface area contributed by atoms with Crippen LogP contribution in [0, 0.1) is 6.92 Å². The van der Waals surface area contributed by atoms with Gasteiger partial charge >= 0.3 is 0 Å². The maximum Gasteiger partial charge on any atom is 0.273 e. The second kappa shape index (κ2) is 9.90. The molecule has 1 saturated heterocycles. The molecular weight excluding hydrogens is 408 g/mol. The minimum Gasteiger partial charge on any atom is -0.482 e. The standard InChI is InChI=1S/C20H26N6O3.ClH/c1-14-19(23-24-26(14)15-7-10-21-11-8-15)20(28)22-9-4-12-25-16-5-2-3-6-17(16)29-13-18(25)27;/h2-3,5-6,15,21H,4,7-13H2,1H3,(H,22,28);1H. The van der Waals surface area contributed by atoms with Crippen molar-refractivity contribution in [3.8, 4) is 5.75 Å². The van der Waals surface area contributed by atoms with Gasteiger partial charge in [0.05, 0.1) is 17.4 Å². The van der Waals surface area contributed by atoms with Gasteiger partial charge in [-0.2, -0.15) is 0 Å². The topological polar surface area (TPSA) is 101 Å². The molecule has 0 unspecified atom stereocenters. The first-order chi connectivity index (χ1) is 14.1. The highest BCUT2D eigenvalue weighted by atomic mass is 35.5. The predicted molar refractivity (Wildman–Crippen MR) is 114 cm³/mol. The van der Waals surface area contributed by atoms with Gasteiger partial charge in [-0.25, -0.2) is 4.68 Å². The number of amides is 2. The molecule has 1 aromatic heterocycles. The number of halogens is 1. The van der Waals surface area contributed by atoms with E-state index in [-0.39, 0.29) is 36.9 Å². The van der Waals surface area contributed by atoms with Gasteiger partial charge < -0.3 is 20.3 Å². The lowest BCUT2D eigenvalue weighted by Crippen LogP contribution is -2.40. The molecule has 3 heterocycles. The zero-order valence-corrected chi connectivity index (χ0v) is 17.8. The Labute approximate surface area is 181 Å². The summed E-state index contributed by atoms with van der Waals surface area (Å²) in [7, 11) is 0. The number of hydrogen-bond donors (Lipinski definition) is 2. The first-order valence-electron chi connectivity index (χ1n) is 10.1. The summed E-state index contributed by atoms with van der Waals surface area (Å²) in [5, 5.41) is 14.5. The fourth-order valence-corrected chi connectivity index (χ4v) is 3.87. The minimum atomic E-state index is -0.226. The van der Waals surface area contributed by atoms with Crippen LogP contribution < -0.4 is 20.3 Å². The molecule has 0 saturated carbocycles. The first-order valence-corrected chi connectivity index (χ1v) is 10.1. The highest BCUT2D eigenvalue weighted by Crippen LogP contribution is 2.31. The molecule has 9 nitrogen and oxygen atoms in total. The number of anilines is 1. The van der Waals surface area contributed by atoms with Crippen molar-refractivity contribution in [3.05, 3.63) is 35.7 Å². The van der Waals surface area contributed by atoms with E-state index in [2.05, 4.69) is 20.9 Å². The second-order valence-electron chi connectivity index (χ2n) is 7.36. The van der Waals surface area contributed by atoms with Gasteiger partial charge in [0, 0.05) is 13.1 Å². The highest BCUT2D eigenvalue weighted by Gasteiger charge is 2.25. The predicted octanol–water partition coefficient (Wildman–Crippen LogP) is 1.48. The number of benzene rings is 1. The molecule has 0 radical (unpaired) electrons. The second-order valence-corrected chi connectivity index (χ2v) is 7.36. The molecule has 2 amide bonds. The van der Waals surface area contributed by atoms with Gasteiger partial charge in [0.2, 0.25) is 0 Å². The van der Waals surface area contributed by atoms with E-state index in [0.717, 1.165) is 37.3 Å². The number of rotatable bonds is 6. The number of aromatic nitrogens is 3. The highest BCUT2D eigenvalue weighted by molar-refractivity contribution is 5.97. The maximum atomic E-state index is 12.5. The number of fused-ring (bicyclic) bond motifs is 1. The van der Waals surface area contributed by atoms with Crippen LogP contribution in [-0.4, -0.2) is 59.6 Å². The molecule has 0 bridgehead atoms. The van der Waals surface area contributed by atoms with Crippen LogP contribution >= 0.6 is 12.4 Å². The van der Waals surface area contributed by atoms with Gasteiger partial charge in [0.25, 0.3) is 11.8 Å². The Morgan fingerprint density at radius 1 is 1.30 bits per heavy atom. The van der Waals surface area contributed by atoms with Crippen LogP contribution in [0.3, 0.4) is 0 Å². The van der Waals surface area contributed by atoms with Crippen molar-refractivity contribution < 1.29 is 14.3 Å². The van der Waals surface area contributed by atoms with Crippen molar-refractivity contribution in [1.29, 1.82) is 0 Å². The summed E-state index contributed by atoms with van der Waals surface area (Å²) in [4.78, 5) is 26.4. The summed E-state index contributed by atoms with van der Waals surface area (Å²) in [5.41, 5.74) is 1.94. The fourth-order valence-electron chi connectivity index (χ4n) is 3.87. The number of piperidine rings is 1. The van der Waals surface area contributed by atoms with Crippen LogP contribution in [0.2, 0.25) is 0 Å². The van der Waals surface area contributed by atoms with Crippen molar-refractivity contribution in [2.45, 2.75) is 32.2 Å². The number of hydrogen-bond acceptors (Lipinski definition) is 6. The normalized spacial score (nSPS) is 16.4. The minimum absolute atomic E-state index is 0. The molecule has 1 aromatic carbocycles. The van der Waals surface area contributed by atoms with Gasteiger partial charge in [-0.1, -0.05) is 17.3 Å². The van der Waals surface area contributed by atoms with Crippen LogP contribution in [0.25, 0.3) is 0 Å². The number of ether oxygens (including phenoxy) is 1. The number of para-hydroxylation sites is 2. The lowest BCUT2D eigenvalue weighted by molar-refractivity contribution is -0.121. The molecule has 162 valence electrons. The van der Waals surface area contributed by atoms with E-state index in [1.807, 2.05) is 35.9 Å². The smallest absolute Gasteiger partial charge is 0.273 e. The van der Waals surface area contributed by atoms with Crippen LogP contribution in [0.5, 0.6) is 5.75 Å². The van der Waals surface area contributed by atoms with Crippen molar-refractivity contribution in [2.75, 3.05) is 37.7 Å². The molecular formula is C20H27ClN6O3. The lowest BCUT2D eigenvalue weighted by atomic mass is 10.1. The molecule has 0 spiro atoms. The summed E-state index contributed by atoms with van der Waals surface area (Å²) in [5.74, 6) is 0.411. The molecule has 10 heteroatoms. The number of carbonyl (C=O) groups excluding carboxylic acids is 2. The fraction of sp³-hybridized carbons (Fsp3) is 0.500. The Morgan fingerprint density at radius 3 is 2.87 bits per heavy atom. The average molecular weight is 435 g/mol. The SMILES string of the molecule is Cc1c(C(=O)NCCCN2C(=O)COc3ccccc32)nnn1C1CCNCC1.Cl. The largest absolute Gasteiger partial charge is 0.482 e. The summed E-state index contributed by atoms with van der Waals surface area (Å²) < 4.78 is 7.33. The Kier molecular flexibility index (Phi) is 7.28. The molecule has 2 N–H and O–H groups in total. The quantitative estimate of drug-likeness (QED) is 0.668. The van der Waals surface area contributed by atoms with Crippen molar-refractivity contribution in [3.63, 3.8) is 0 Å². The van der Waals surface area contributed by atoms with Gasteiger partial charge in [-0.3, -0.25) is 9.59 Å².